The summed E-state index contributed by atoms with van der Waals surface area (Å²) in [5.41, 5.74) is -1.39. The normalized spacial score (nSPS) is 12.1. The summed E-state index contributed by atoms with van der Waals surface area (Å²) in [6, 6.07) is 4.30. The first-order valence-electron chi connectivity index (χ1n) is 9.58. The molecule has 11 heteroatoms. The molecule has 6 nitrogen and oxygen atoms in total. The van der Waals surface area contributed by atoms with E-state index in [4.69, 9.17) is 11.6 Å². The van der Waals surface area contributed by atoms with Gasteiger partial charge in [-0.05, 0) is 31.4 Å². The zero-order valence-electron chi connectivity index (χ0n) is 16.5. The van der Waals surface area contributed by atoms with Crippen molar-refractivity contribution in [2.75, 3.05) is 26.2 Å². The zero-order chi connectivity index (χ0) is 21.9. The maximum atomic E-state index is 13.6. The molecule has 0 aliphatic rings. The molecule has 0 radical (unpaired) electrons. The van der Waals surface area contributed by atoms with Crippen molar-refractivity contribution < 1.29 is 22.9 Å². The second kappa shape index (κ2) is 9.32. The highest BCUT2D eigenvalue weighted by atomic mass is 35.5. The molecular weight excluding hydrogens is 439 g/mol. The monoisotopic (exact) mass is 460 g/mol. The van der Waals surface area contributed by atoms with Gasteiger partial charge in [0.1, 0.15) is 5.02 Å². The smallest absolute Gasteiger partial charge is 0.350 e. The summed E-state index contributed by atoms with van der Waals surface area (Å²) in [4.78, 5) is 18.7. The number of carbonyl (C=O) groups is 1. The minimum absolute atomic E-state index is 0.126. The van der Waals surface area contributed by atoms with Gasteiger partial charge in [0, 0.05) is 13.0 Å². The van der Waals surface area contributed by atoms with E-state index < -0.39 is 17.8 Å². The number of alkyl halides is 3. The maximum absolute atomic E-state index is 13.6. The Bertz CT molecular complexity index is 1020. The molecule has 3 aromatic rings. The van der Waals surface area contributed by atoms with Gasteiger partial charge in [0.2, 0.25) is 0 Å². The summed E-state index contributed by atoms with van der Waals surface area (Å²) in [6.07, 6.45) is -3.95. The Morgan fingerprint density at radius 1 is 1.33 bits per heavy atom. The van der Waals surface area contributed by atoms with Crippen molar-refractivity contribution >= 4 is 34.5 Å². The molecule has 0 unspecified atom stereocenters. The van der Waals surface area contributed by atoms with Crippen molar-refractivity contribution in [1.29, 1.82) is 0 Å². The van der Waals surface area contributed by atoms with Crippen LogP contribution in [-0.4, -0.2) is 46.7 Å². The number of amides is 1. The van der Waals surface area contributed by atoms with Crippen LogP contribution in [0.3, 0.4) is 0 Å². The van der Waals surface area contributed by atoms with Crippen molar-refractivity contribution in [3.8, 4) is 10.6 Å². The third-order valence-corrected chi connectivity index (χ3v) is 6.05. The molecule has 1 amide bonds. The van der Waals surface area contributed by atoms with Crippen molar-refractivity contribution in [1.82, 2.24) is 19.9 Å². The SMILES string of the molecule is CC[NH+](CC)CCCNC(=O)c1nn2c(C(F)(F)F)cc(-c3cccs3)nc2c1Cl. The van der Waals surface area contributed by atoms with Crippen LogP contribution in [0.25, 0.3) is 16.2 Å². The molecule has 30 heavy (non-hydrogen) atoms. The van der Waals surface area contributed by atoms with Crippen molar-refractivity contribution in [2.24, 2.45) is 0 Å². The Labute approximate surface area is 180 Å². The second-order valence-electron chi connectivity index (χ2n) is 6.72. The Balaban J connectivity index is 1.90. The van der Waals surface area contributed by atoms with E-state index in [0.717, 1.165) is 32.1 Å². The Morgan fingerprint density at radius 3 is 2.67 bits per heavy atom. The molecule has 0 atom stereocenters. The fraction of sp³-hybridized carbons (Fsp3) is 0.421. The quantitative estimate of drug-likeness (QED) is 0.507. The Hall–Kier alpha value is -2.17. The number of carbonyl (C=O) groups excluding carboxylic acids is 1. The lowest BCUT2D eigenvalue weighted by Crippen LogP contribution is -3.11. The van der Waals surface area contributed by atoms with E-state index in [0.29, 0.717) is 15.9 Å². The number of fused-ring (bicyclic) bond motifs is 1. The third-order valence-electron chi connectivity index (χ3n) is 4.80. The molecule has 3 aromatic heterocycles. The number of halogens is 4. The van der Waals surface area contributed by atoms with Crippen LogP contribution < -0.4 is 10.2 Å². The topological polar surface area (TPSA) is 63.7 Å². The summed E-state index contributed by atoms with van der Waals surface area (Å²) in [6.45, 7) is 7.41. The van der Waals surface area contributed by atoms with E-state index in [1.54, 1.807) is 17.5 Å². The van der Waals surface area contributed by atoms with E-state index in [1.165, 1.54) is 16.2 Å². The summed E-state index contributed by atoms with van der Waals surface area (Å²) >= 11 is 7.50. The summed E-state index contributed by atoms with van der Waals surface area (Å²) in [5, 5.41) is 8.06. The van der Waals surface area contributed by atoms with Crippen LogP contribution in [0.2, 0.25) is 5.02 Å². The minimum atomic E-state index is -4.69. The van der Waals surface area contributed by atoms with Crippen LogP contribution in [0.1, 0.15) is 36.5 Å². The first kappa shape index (κ1) is 22.5. The van der Waals surface area contributed by atoms with Gasteiger partial charge in [-0.2, -0.15) is 18.3 Å². The van der Waals surface area contributed by atoms with Gasteiger partial charge < -0.3 is 10.2 Å². The summed E-state index contributed by atoms with van der Waals surface area (Å²) in [5.74, 6) is -0.620. The second-order valence-corrected chi connectivity index (χ2v) is 8.04. The van der Waals surface area contributed by atoms with E-state index in [-0.39, 0.29) is 22.1 Å². The first-order chi connectivity index (χ1) is 14.3. The molecule has 0 spiro atoms. The molecule has 0 saturated carbocycles. The molecule has 0 aromatic carbocycles. The lowest BCUT2D eigenvalue weighted by molar-refractivity contribution is -0.896. The number of nitrogens with one attached hydrogen (secondary N) is 2. The highest BCUT2D eigenvalue weighted by molar-refractivity contribution is 7.13. The van der Waals surface area contributed by atoms with E-state index in [1.807, 2.05) is 0 Å². The Morgan fingerprint density at radius 2 is 2.07 bits per heavy atom. The van der Waals surface area contributed by atoms with Crippen LogP contribution in [0.5, 0.6) is 0 Å². The molecule has 0 bridgehead atoms. The van der Waals surface area contributed by atoms with Gasteiger partial charge in [0.05, 0.1) is 30.2 Å². The molecule has 0 fully saturated rings. The maximum Gasteiger partial charge on any atom is 0.433 e. The number of thiophene rings is 1. The molecular formula is C19H22ClF3N5OS+. The van der Waals surface area contributed by atoms with Crippen LogP contribution in [0, 0.1) is 0 Å². The fourth-order valence-electron chi connectivity index (χ4n) is 3.12. The number of nitrogens with zero attached hydrogens (tertiary/aromatic N) is 3. The Kier molecular flexibility index (Phi) is 6.99. The first-order valence-corrected chi connectivity index (χ1v) is 10.8. The van der Waals surface area contributed by atoms with E-state index in [2.05, 4.69) is 29.2 Å². The highest BCUT2D eigenvalue weighted by Crippen LogP contribution is 2.35. The lowest BCUT2D eigenvalue weighted by atomic mass is 10.2. The van der Waals surface area contributed by atoms with E-state index >= 15 is 0 Å². The number of aromatic nitrogens is 3. The van der Waals surface area contributed by atoms with Crippen LogP contribution in [0.4, 0.5) is 13.2 Å². The minimum Gasteiger partial charge on any atom is -0.350 e. The molecule has 3 heterocycles. The van der Waals surface area contributed by atoms with Gasteiger partial charge in [-0.15, -0.1) is 11.3 Å². The zero-order valence-corrected chi connectivity index (χ0v) is 18.1. The average Bonchev–Trinajstić information content (AvgIpc) is 3.35. The summed E-state index contributed by atoms with van der Waals surface area (Å²) < 4.78 is 41.5. The van der Waals surface area contributed by atoms with Gasteiger partial charge in [-0.25, -0.2) is 9.50 Å². The van der Waals surface area contributed by atoms with Gasteiger partial charge in [-0.1, -0.05) is 17.7 Å². The predicted molar refractivity (Wildman–Crippen MR) is 110 cm³/mol. The largest absolute Gasteiger partial charge is 0.433 e. The third kappa shape index (κ3) is 4.76. The molecule has 0 aliphatic heterocycles. The van der Waals surface area contributed by atoms with Crippen LogP contribution in [0.15, 0.2) is 23.6 Å². The lowest BCUT2D eigenvalue weighted by Gasteiger charge is -2.14. The van der Waals surface area contributed by atoms with Gasteiger partial charge >= 0.3 is 6.18 Å². The van der Waals surface area contributed by atoms with Gasteiger partial charge in [0.15, 0.2) is 17.0 Å². The van der Waals surface area contributed by atoms with Gasteiger partial charge in [-0.3, -0.25) is 4.79 Å². The van der Waals surface area contributed by atoms with Crippen molar-refractivity contribution in [3.05, 3.63) is 40.0 Å². The predicted octanol–water partition coefficient (Wildman–Crippen LogP) is 3.17. The number of hydrogen-bond donors (Lipinski definition) is 2. The van der Waals surface area contributed by atoms with Crippen molar-refractivity contribution in [3.63, 3.8) is 0 Å². The molecule has 3 rings (SSSR count). The van der Waals surface area contributed by atoms with Crippen molar-refractivity contribution in [2.45, 2.75) is 26.4 Å². The van der Waals surface area contributed by atoms with Gasteiger partial charge in [0.25, 0.3) is 5.91 Å². The molecule has 0 saturated heterocycles. The standard InChI is InChI=1S/C19H21ClF3N5OS/c1-3-27(4-2)9-6-8-24-18(29)16-15(20)17-25-12(13-7-5-10-30-13)11-14(19(21,22)23)28(17)26-16/h5,7,10-11H,3-4,6,8-9H2,1-2H3,(H,24,29)/p+1. The number of hydrogen-bond acceptors (Lipinski definition) is 4. The fourth-order valence-corrected chi connectivity index (χ4v) is 4.05. The molecule has 162 valence electrons. The summed E-state index contributed by atoms with van der Waals surface area (Å²) in [7, 11) is 0. The van der Waals surface area contributed by atoms with Crippen LogP contribution >= 0.6 is 22.9 Å². The number of quaternary nitrogens is 1. The van der Waals surface area contributed by atoms with E-state index in [9.17, 15) is 18.0 Å². The molecule has 2 N–H and O–H groups in total. The average molecular weight is 461 g/mol. The highest BCUT2D eigenvalue weighted by Gasteiger charge is 2.36. The van der Waals surface area contributed by atoms with Crippen LogP contribution in [-0.2, 0) is 6.18 Å². The number of rotatable bonds is 8. The molecule has 0 aliphatic carbocycles.